The number of aromatic carboxylic acids is 1. The van der Waals surface area contributed by atoms with Crippen LogP contribution in [-0.4, -0.2) is 30.8 Å². The molecule has 5 heteroatoms. The highest BCUT2D eigenvalue weighted by molar-refractivity contribution is 6.34. The molecule has 0 atom stereocenters. The zero-order chi connectivity index (χ0) is 13.9. The van der Waals surface area contributed by atoms with Crippen molar-refractivity contribution in [2.45, 2.75) is 19.8 Å². The van der Waals surface area contributed by atoms with Crippen molar-refractivity contribution in [1.29, 1.82) is 0 Å². The summed E-state index contributed by atoms with van der Waals surface area (Å²) in [5.74, 6) is -1.01. The Kier molecular flexibility index (Phi) is 4.32. The molecule has 1 saturated heterocycles. The van der Waals surface area contributed by atoms with Gasteiger partial charge in [0.2, 0.25) is 0 Å². The van der Waals surface area contributed by atoms with Gasteiger partial charge in [0, 0.05) is 19.8 Å². The summed E-state index contributed by atoms with van der Waals surface area (Å²) in [5, 5.41) is 12.7. The second-order valence-electron chi connectivity index (χ2n) is 5.24. The second-order valence-corrected chi connectivity index (χ2v) is 5.65. The largest absolute Gasteiger partial charge is 0.478 e. The fraction of sp³-hybridized carbons (Fsp3) is 0.500. The Morgan fingerprint density at radius 1 is 1.47 bits per heavy atom. The molecule has 1 aliphatic heterocycles. The number of benzene rings is 1. The van der Waals surface area contributed by atoms with Crippen LogP contribution in [0.15, 0.2) is 18.2 Å². The molecule has 104 valence electrons. The Hall–Kier alpha value is -1.26. The van der Waals surface area contributed by atoms with E-state index in [1.54, 1.807) is 18.2 Å². The van der Waals surface area contributed by atoms with Gasteiger partial charge in [-0.05, 0) is 30.4 Å². The summed E-state index contributed by atoms with van der Waals surface area (Å²) in [5.41, 5.74) is 0.851. The van der Waals surface area contributed by atoms with Gasteiger partial charge in [-0.3, -0.25) is 0 Å². The van der Waals surface area contributed by atoms with Gasteiger partial charge in [-0.2, -0.15) is 0 Å². The molecule has 0 spiro atoms. The first-order valence-electron chi connectivity index (χ1n) is 6.35. The number of halogens is 1. The van der Waals surface area contributed by atoms with Gasteiger partial charge in [0.05, 0.1) is 10.7 Å². The lowest BCUT2D eigenvalue weighted by atomic mass is 9.82. The molecule has 1 heterocycles. The van der Waals surface area contributed by atoms with Crippen LogP contribution in [0.25, 0.3) is 0 Å². The van der Waals surface area contributed by atoms with E-state index >= 15 is 0 Å². The van der Waals surface area contributed by atoms with Crippen LogP contribution < -0.4 is 5.32 Å². The number of ether oxygens (including phenoxy) is 1. The lowest BCUT2D eigenvalue weighted by molar-refractivity contribution is 0.0299. The van der Waals surface area contributed by atoms with Crippen LogP contribution >= 0.6 is 11.6 Å². The zero-order valence-electron chi connectivity index (χ0n) is 10.9. The summed E-state index contributed by atoms with van der Waals surface area (Å²) < 4.78 is 5.36. The number of carboxylic acid groups (broad SMARTS) is 1. The predicted octanol–water partition coefficient (Wildman–Crippen LogP) is 3.27. The van der Waals surface area contributed by atoms with Gasteiger partial charge in [0.15, 0.2) is 0 Å². The Balaban J connectivity index is 2.11. The third kappa shape index (κ3) is 3.39. The highest BCUT2D eigenvalue weighted by atomic mass is 35.5. The quantitative estimate of drug-likeness (QED) is 0.890. The van der Waals surface area contributed by atoms with Crippen molar-refractivity contribution in [3.05, 3.63) is 28.8 Å². The molecular weight excluding hydrogens is 266 g/mol. The summed E-state index contributed by atoms with van der Waals surface area (Å²) in [6.45, 7) is 4.43. The smallest absolute Gasteiger partial charge is 0.339 e. The molecule has 0 aromatic heterocycles. The number of carboxylic acids is 1. The van der Waals surface area contributed by atoms with E-state index in [0.29, 0.717) is 5.69 Å². The van der Waals surface area contributed by atoms with Gasteiger partial charge >= 0.3 is 5.97 Å². The average molecular weight is 284 g/mol. The topological polar surface area (TPSA) is 58.6 Å². The molecule has 1 aliphatic rings. The number of hydrogen-bond donors (Lipinski definition) is 2. The molecule has 0 aliphatic carbocycles. The maximum Gasteiger partial charge on any atom is 0.339 e. The monoisotopic (exact) mass is 283 g/mol. The van der Waals surface area contributed by atoms with Gasteiger partial charge < -0.3 is 15.2 Å². The fourth-order valence-electron chi connectivity index (χ4n) is 2.24. The molecule has 0 bridgehead atoms. The van der Waals surface area contributed by atoms with E-state index in [0.717, 1.165) is 32.6 Å². The molecule has 4 nitrogen and oxygen atoms in total. The third-order valence-corrected chi connectivity index (χ3v) is 3.95. The van der Waals surface area contributed by atoms with Crippen molar-refractivity contribution in [3.63, 3.8) is 0 Å². The minimum absolute atomic E-state index is 0.135. The number of carbonyl (C=O) groups is 1. The second kappa shape index (κ2) is 5.80. The van der Waals surface area contributed by atoms with Crippen molar-refractivity contribution in [2.24, 2.45) is 5.41 Å². The molecule has 1 aromatic carbocycles. The Morgan fingerprint density at radius 2 is 2.16 bits per heavy atom. The van der Waals surface area contributed by atoms with E-state index in [4.69, 9.17) is 16.3 Å². The molecule has 0 saturated carbocycles. The minimum atomic E-state index is -1.01. The van der Waals surface area contributed by atoms with Gasteiger partial charge in [-0.25, -0.2) is 4.79 Å². The molecule has 1 aromatic rings. The Bertz CT molecular complexity index is 470. The van der Waals surface area contributed by atoms with Crippen molar-refractivity contribution < 1.29 is 14.6 Å². The normalized spacial score (nSPS) is 18.0. The molecule has 0 unspecified atom stereocenters. The Labute approximate surface area is 117 Å². The Morgan fingerprint density at radius 3 is 2.79 bits per heavy atom. The molecule has 0 radical (unpaired) electrons. The summed E-state index contributed by atoms with van der Waals surface area (Å²) in [6, 6.07) is 5.09. The van der Waals surface area contributed by atoms with E-state index < -0.39 is 5.97 Å². The van der Waals surface area contributed by atoms with Crippen LogP contribution in [0.5, 0.6) is 0 Å². The molecule has 2 N–H and O–H groups in total. The standard InChI is InChI=1S/C14H18ClNO3/c1-14(5-7-19-8-6-14)9-16-11-4-2-3-10(15)12(11)13(17)18/h2-4,16H,5-9H2,1H3,(H,17,18). The first kappa shape index (κ1) is 14.2. The summed E-state index contributed by atoms with van der Waals surface area (Å²) in [4.78, 5) is 11.2. The van der Waals surface area contributed by atoms with Crippen molar-refractivity contribution in [3.8, 4) is 0 Å². The third-order valence-electron chi connectivity index (χ3n) is 3.63. The van der Waals surface area contributed by atoms with Crippen LogP contribution in [0.3, 0.4) is 0 Å². The lowest BCUT2D eigenvalue weighted by Crippen LogP contribution is -2.33. The van der Waals surface area contributed by atoms with Gasteiger partial charge in [-0.15, -0.1) is 0 Å². The first-order chi connectivity index (χ1) is 9.02. The van der Waals surface area contributed by atoms with Gasteiger partial charge in [0.25, 0.3) is 0 Å². The summed E-state index contributed by atoms with van der Waals surface area (Å²) >= 11 is 5.94. The van der Waals surface area contributed by atoms with Crippen molar-refractivity contribution in [1.82, 2.24) is 0 Å². The minimum Gasteiger partial charge on any atom is -0.478 e. The molecule has 0 amide bonds. The van der Waals surface area contributed by atoms with Crippen LogP contribution in [0, 0.1) is 5.41 Å². The number of hydrogen-bond acceptors (Lipinski definition) is 3. The maximum atomic E-state index is 11.2. The lowest BCUT2D eigenvalue weighted by Gasteiger charge is -2.34. The molecule has 1 fully saturated rings. The van der Waals surface area contributed by atoms with E-state index in [1.807, 2.05) is 0 Å². The number of rotatable bonds is 4. The fourth-order valence-corrected chi connectivity index (χ4v) is 2.49. The van der Waals surface area contributed by atoms with Crippen molar-refractivity contribution in [2.75, 3.05) is 25.1 Å². The predicted molar refractivity (Wildman–Crippen MR) is 75.1 cm³/mol. The molecule has 2 rings (SSSR count). The van der Waals surface area contributed by atoms with Gasteiger partial charge in [-0.1, -0.05) is 24.6 Å². The first-order valence-corrected chi connectivity index (χ1v) is 6.73. The zero-order valence-corrected chi connectivity index (χ0v) is 11.7. The van der Waals surface area contributed by atoms with E-state index in [9.17, 15) is 9.90 Å². The van der Waals surface area contributed by atoms with Gasteiger partial charge in [0.1, 0.15) is 5.56 Å². The van der Waals surface area contributed by atoms with E-state index in [1.165, 1.54) is 0 Å². The number of nitrogens with one attached hydrogen (secondary N) is 1. The SMILES string of the molecule is CC1(CNc2cccc(Cl)c2C(=O)O)CCOCC1. The number of anilines is 1. The highest BCUT2D eigenvalue weighted by Gasteiger charge is 2.27. The maximum absolute atomic E-state index is 11.2. The van der Waals surface area contributed by atoms with Crippen LogP contribution in [0.2, 0.25) is 5.02 Å². The molecular formula is C14H18ClNO3. The van der Waals surface area contributed by atoms with Crippen molar-refractivity contribution >= 4 is 23.3 Å². The highest BCUT2D eigenvalue weighted by Crippen LogP contribution is 2.31. The summed E-state index contributed by atoms with van der Waals surface area (Å²) in [7, 11) is 0. The average Bonchev–Trinajstić information content (AvgIpc) is 2.37. The van der Waals surface area contributed by atoms with Crippen LogP contribution in [0.1, 0.15) is 30.1 Å². The summed E-state index contributed by atoms with van der Waals surface area (Å²) in [6.07, 6.45) is 1.95. The van der Waals surface area contributed by atoms with Crippen LogP contribution in [-0.2, 0) is 4.74 Å². The molecule has 19 heavy (non-hydrogen) atoms. The van der Waals surface area contributed by atoms with E-state index in [2.05, 4.69) is 12.2 Å². The van der Waals surface area contributed by atoms with Crippen LogP contribution in [0.4, 0.5) is 5.69 Å². The van der Waals surface area contributed by atoms with E-state index in [-0.39, 0.29) is 16.0 Å².